The number of amides is 4. The first-order chi connectivity index (χ1) is 14.8. The van der Waals surface area contributed by atoms with Crippen molar-refractivity contribution in [3.8, 4) is 0 Å². The van der Waals surface area contributed by atoms with Gasteiger partial charge in [0, 0.05) is 6.42 Å². The molecule has 14 heteroatoms. The Balaban J connectivity index is 4.89. The Labute approximate surface area is 184 Å². The molecule has 0 heterocycles. The maximum atomic E-state index is 12.5. The number of hydrogen-bond donors (Lipinski definition) is 8. The summed E-state index contributed by atoms with van der Waals surface area (Å²) in [7, 11) is 0. The Morgan fingerprint density at radius 2 is 1.47 bits per heavy atom. The van der Waals surface area contributed by atoms with Crippen molar-refractivity contribution in [2.75, 3.05) is 13.2 Å². The summed E-state index contributed by atoms with van der Waals surface area (Å²) in [4.78, 5) is 70.1. The molecule has 0 radical (unpaired) electrons. The molecule has 0 aliphatic heterocycles. The highest BCUT2D eigenvalue weighted by molar-refractivity contribution is 5.94. The van der Waals surface area contributed by atoms with E-state index in [0.29, 0.717) is 0 Å². The minimum Gasteiger partial charge on any atom is -0.481 e. The summed E-state index contributed by atoms with van der Waals surface area (Å²) in [6.07, 6.45) is -0.813. The van der Waals surface area contributed by atoms with Crippen LogP contribution in [0.2, 0.25) is 0 Å². The van der Waals surface area contributed by atoms with E-state index in [1.165, 1.54) is 6.92 Å². The van der Waals surface area contributed by atoms with E-state index in [-0.39, 0.29) is 6.42 Å². The molecule has 0 spiro atoms. The average molecular weight is 461 g/mol. The van der Waals surface area contributed by atoms with Gasteiger partial charge in [-0.2, -0.15) is 0 Å². The van der Waals surface area contributed by atoms with Gasteiger partial charge in [-0.15, -0.1) is 0 Å². The van der Waals surface area contributed by atoms with Gasteiger partial charge in [0.2, 0.25) is 23.6 Å². The zero-order valence-electron chi connectivity index (χ0n) is 18.1. The largest absolute Gasteiger partial charge is 0.481 e. The lowest BCUT2D eigenvalue weighted by molar-refractivity contribution is -0.143. The number of hydrogen-bond acceptors (Lipinski definition) is 8. The highest BCUT2D eigenvalue weighted by Crippen LogP contribution is 2.03. The van der Waals surface area contributed by atoms with Crippen LogP contribution >= 0.6 is 0 Å². The van der Waals surface area contributed by atoms with Crippen LogP contribution in [-0.4, -0.2) is 88.2 Å². The third kappa shape index (κ3) is 10.7. The number of nitrogens with one attached hydrogen (secondary N) is 4. The van der Waals surface area contributed by atoms with Crippen LogP contribution in [0.3, 0.4) is 0 Å². The number of carboxylic acid groups (broad SMARTS) is 2. The smallest absolute Gasteiger partial charge is 0.326 e. The van der Waals surface area contributed by atoms with Crippen molar-refractivity contribution >= 4 is 35.6 Å². The SMILES string of the molecule is CC(C)[C@H](NC(=O)CNC(=O)[C@@H](N)CO)C(=O)N[C@@H](C)C(=O)N[C@@H](CCC(=O)O)C(=O)O. The van der Waals surface area contributed by atoms with Gasteiger partial charge in [-0.3, -0.25) is 24.0 Å². The summed E-state index contributed by atoms with van der Waals surface area (Å²) in [6, 6.07) is -4.91. The molecular weight excluding hydrogens is 430 g/mol. The average Bonchev–Trinajstić information content (AvgIpc) is 2.71. The van der Waals surface area contributed by atoms with Gasteiger partial charge in [-0.1, -0.05) is 13.8 Å². The van der Waals surface area contributed by atoms with Crippen molar-refractivity contribution in [3.63, 3.8) is 0 Å². The number of aliphatic hydroxyl groups excluding tert-OH is 1. The van der Waals surface area contributed by atoms with Gasteiger partial charge in [0.25, 0.3) is 0 Å². The number of nitrogens with two attached hydrogens (primary N) is 1. The van der Waals surface area contributed by atoms with Gasteiger partial charge >= 0.3 is 11.9 Å². The number of carbonyl (C=O) groups excluding carboxylic acids is 4. The fourth-order valence-electron chi connectivity index (χ4n) is 2.33. The number of rotatable bonds is 14. The molecule has 4 amide bonds. The fourth-order valence-corrected chi connectivity index (χ4v) is 2.33. The topological polar surface area (TPSA) is 237 Å². The van der Waals surface area contributed by atoms with Crippen molar-refractivity contribution in [1.82, 2.24) is 21.3 Å². The molecule has 4 atom stereocenters. The number of carbonyl (C=O) groups is 6. The van der Waals surface area contributed by atoms with Gasteiger partial charge < -0.3 is 42.3 Å². The standard InChI is InChI=1S/C18H31N5O9/c1-8(2)14(23-12(25)6-20-16(29)10(19)7-24)17(30)21-9(3)15(28)22-11(18(31)32)4-5-13(26)27/h8-11,14,24H,4-7,19H2,1-3H3,(H,20,29)(H,21,30)(H,22,28)(H,23,25)(H,26,27)(H,31,32)/t9-,10-,11-,14-/m0/s1. The summed E-state index contributed by atoms with van der Waals surface area (Å²) < 4.78 is 0. The lowest BCUT2D eigenvalue weighted by Gasteiger charge is -2.24. The molecular formula is C18H31N5O9. The number of aliphatic hydroxyl groups is 1. The lowest BCUT2D eigenvalue weighted by atomic mass is 10.0. The fraction of sp³-hybridized carbons (Fsp3) is 0.667. The molecule has 9 N–H and O–H groups in total. The first-order valence-corrected chi connectivity index (χ1v) is 9.78. The van der Waals surface area contributed by atoms with Gasteiger partial charge in [-0.25, -0.2) is 4.79 Å². The summed E-state index contributed by atoms with van der Waals surface area (Å²) in [5, 5.41) is 35.7. The predicted octanol–water partition coefficient (Wildman–Crippen LogP) is -3.50. The first kappa shape index (κ1) is 28.7. The summed E-state index contributed by atoms with van der Waals surface area (Å²) in [5.74, 6) is -6.11. The number of carboxylic acids is 2. The van der Waals surface area contributed by atoms with Crippen molar-refractivity contribution in [2.24, 2.45) is 11.7 Å². The molecule has 0 bridgehead atoms. The van der Waals surface area contributed by atoms with Gasteiger partial charge in [-0.05, 0) is 19.3 Å². The van der Waals surface area contributed by atoms with E-state index < -0.39 is 85.2 Å². The summed E-state index contributed by atoms with van der Waals surface area (Å²) >= 11 is 0. The number of aliphatic carboxylic acids is 2. The van der Waals surface area contributed by atoms with E-state index in [1.54, 1.807) is 13.8 Å². The zero-order valence-corrected chi connectivity index (χ0v) is 18.1. The third-order valence-electron chi connectivity index (χ3n) is 4.24. The minimum absolute atomic E-state index is 0.340. The molecule has 182 valence electrons. The highest BCUT2D eigenvalue weighted by atomic mass is 16.4. The molecule has 0 saturated heterocycles. The van der Waals surface area contributed by atoms with Crippen molar-refractivity contribution in [2.45, 2.75) is 57.8 Å². The highest BCUT2D eigenvalue weighted by Gasteiger charge is 2.29. The second kappa shape index (κ2) is 13.9. The predicted molar refractivity (Wildman–Crippen MR) is 109 cm³/mol. The van der Waals surface area contributed by atoms with Gasteiger partial charge in [0.1, 0.15) is 24.2 Å². The van der Waals surface area contributed by atoms with Crippen LogP contribution in [0.1, 0.15) is 33.6 Å². The van der Waals surface area contributed by atoms with E-state index in [4.69, 9.17) is 21.1 Å². The van der Waals surface area contributed by atoms with E-state index in [2.05, 4.69) is 21.3 Å². The summed E-state index contributed by atoms with van der Waals surface area (Å²) in [6.45, 7) is 3.44. The molecule has 0 fully saturated rings. The third-order valence-corrected chi connectivity index (χ3v) is 4.24. The van der Waals surface area contributed by atoms with Crippen molar-refractivity contribution < 1.29 is 44.1 Å². The Morgan fingerprint density at radius 3 is 1.94 bits per heavy atom. The molecule has 0 unspecified atom stereocenters. The quantitative estimate of drug-likeness (QED) is 0.127. The second-order valence-electron chi connectivity index (χ2n) is 7.36. The van der Waals surface area contributed by atoms with Crippen LogP contribution in [0.5, 0.6) is 0 Å². The molecule has 0 aliphatic carbocycles. The van der Waals surface area contributed by atoms with E-state index in [1.807, 2.05) is 0 Å². The molecule has 0 aliphatic rings. The van der Waals surface area contributed by atoms with E-state index >= 15 is 0 Å². The minimum atomic E-state index is -1.45. The normalized spacial score (nSPS) is 14.4. The monoisotopic (exact) mass is 461 g/mol. The molecule has 0 aromatic carbocycles. The molecule has 0 aromatic heterocycles. The van der Waals surface area contributed by atoms with Crippen LogP contribution in [0.15, 0.2) is 0 Å². The van der Waals surface area contributed by atoms with Crippen LogP contribution < -0.4 is 27.0 Å². The zero-order chi connectivity index (χ0) is 25.0. The molecule has 32 heavy (non-hydrogen) atoms. The van der Waals surface area contributed by atoms with Crippen LogP contribution in [0.4, 0.5) is 0 Å². The van der Waals surface area contributed by atoms with Crippen molar-refractivity contribution in [1.29, 1.82) is 0 Å². The Hall–Kier alpha value is -3.26. The molecule has 0 aromatic rings. The molecule has 0 saturated carbocycles. The van der Waals surface area contributed by atoms with Crippen LogP contribution in [0, 0.1) is 5.92 Å². The lowest BCUT2D eigenvalue weighted by Crippen LogP contribution is -2.57. The maximum Gasteiger partial charge on any atom is 0.326 e. The Morgan fingerprint density at radius 1 is 0.875 bits per heavy atom. The molecule has 14 nitrogen and oxygen atoms in total. The van der Waals surface area contributed by atoms with Crippen LogP contribution in [0.25, 0.3) is 0 Å². The van der Waals surface area contributed by atoms with Crippen LogP contribution in [-0.2, 0) is 28.8 Å². The van der Waals surface area contributed by atoms with Gasteiger partial charge in [0.05, 0.1) is 13.2 Å². The second-order valence-corrected chi connectivity index (χ2v) is 7.36. The van der Waals surface area contributed by atoms with Gasteiger partial charge in [0.15, 0.2) is 0 Å². The maximum absolute atomic E-state index is 12.5. The molecule has 0 rings (SSSR count). The Bertz CT molecular complexity index is 713. The van der Waals surface area contributed by atoms with E-state index in [0.717, 1.165) is 0 Å². The van der Waals surface area contributed by atoms with E-state index in [9.17, 15) is 28.8 Å². The Kier molecular flexibility index (Phi) is 12.5. The van der Waals surface area contributed by atoms with Crippen molar-refractivity contribution in [3.05, 3.63) is 0 Å². The summed E-state index contributed by atoms with van der Waals surface area (Å²) in [5.41, 5.74) is 5.31. The first-order valence-electron chi connectivity index (χ1n) is 9.78.